The van der Waals surface area contributed by atoms with Gasteiger partial charge in [0.2, 0.25) is 0 Å². The largest absolute Gasteiger partial charge is 0.483 e. The third-order valence-corrected chi connectivity index (χ3v) is 5.95. The van der Waals surface area contributed by atoms with E-state index in [2.05, 4.69) is 4.40 Å². The molecule has 6 nitrogen and oxygen atoms in total. The molecule has 1 atom stereocenters. The molecule has 1 aliphatic carbocycles. The quantitative estimate of drug-likeness (QED) is 0.815. The highest BCUT2D eigenvalue weighted by Crippen LogP contribution is 2.28. The number of carbonyl (C=O) groups is 1. The lowest BCUT2D eigenvalue weighted by atomic mass is 9.96. The Morgan fingerprint density at radius 2 is 1.96 bits per heavy atom. The molecule has 1 saturated carbocycles. The smallest absolute Gasteiger partial charge is 0.256 e. The number of hydrogen-bond acceptors (Lipinski definition) is 5. The van der Waals surface area contributed by atoms with Gasteiger partial charge in [-0.25, -0.2) is 8.42 Å². The maximum atomic E-state index is 11.9. The van der Waals surface area contributed by atoms with Crippen LogP contribution in [0.15, 0.2) is 47.0 Å². The summed E-state index contributed by atoms with van der Waals surface area (Å²) in [6, 6.07) is 7.38. The second kappa shape index (κ2) is 6.72. The normalized spacial score (nSPS) is 24.5. The van der Waals surface area contributed by atoms with Crippen molar-refractivity contribution in [3.63, 3.8) is 0 Å². The van der Waals surface area contributed by atoms with Crippen LogP contribution in [0, 0.1) is 0 Å². The summed E-state index contributed by atoms with van der Waals surface area (Å²) in [5.41, 5.74) is 1.62. The molecule has 1 aromatic rings. The zero-order chi connectivity index (χ0) is 18.1. The predicted molar refractivity (Wildman–Crippen MR) is 99.4 cm³/mol. The lowest BCUT2D eigenvalue weighted by Gasteiger charge is -2.29. The summed E-state index contributed by atoms with van der Waals surface area (Å²) in [6.07, 6.45) is 8.54. The van der Waals surface area contributed by atoms with Gasteiger partial charge in [0, 0.05) is 24.7 Å². The van der Waals surface area contributed by atoms with E-state index in [1.165, 1.54) is 0 Å². The molecule has 3 aliphatic rings. The van der Waals surface area contributed by atoms with Crippen molar-refractivity contribution in [1.29, 1.82) is 0 Å². The fourth-order valence-electron chi connectivity index (χ4n) is 3.39. The number of amidine groups is 1. The maximum Gasteiger partial charge on any atom is 0.256 e. The van der Waals surface area contributed by atoms with Crippen LogP contribution in [0.3, 0.4) is 0 Å². The molecule has 0 saturated heterocycles. The van der Waals surface area contributed by atoms with Crippen molar-refractivity contribution in [2.24, 2.45) is 4.40 Å². The number of allylic oxidation sites excluding steroid dienone is 2. The van der Waals surface area contributed by atoms with Crippen molar-refractivity contribution in [3.8, 4) is 5.75 Å². The van der Waals surface area contributed by atoms with E-state index in [9.17, 15) is 13.2 Å². The lowest BCUT2D eigenvalue weighted by molar-refractivity contribution is -0.127. The Hall–Kier alpha value is -2.41. The molecule has 0 amide bonds. The van der Waals surface area contributed by atoms with Crippen molar-refractivity contribution in [2.45, 2.75) is 31.8 Å². The topological polar surface area (TPSA) is 76.0 Å². The minimum atomic E-state index is -3.42. The number of hydrogen-bond donors (Lipinski definition) is 0. The lowest BCUT2D eigenvalue weighted by Crippen LogP contribution is -2.37. The highest BCUT2D eigenvalue weighted by Gasteiger charge is 2.27. The van der Waals surface area contributed by atoms with E-state index in [0.717, 1.165) is 30.4 Å². The first-order valence-electron chi connectivity index (χ1n) is 8.80. The number of ether oxygens (including phenoxy) is 1. The number of benzene rings is 1. The summed E-state index contributed by atoms with van der Waals surface area (Å²) in [5.74, 6) is 1.29. The first kappa shape index (κ1) is 17.0. The molecule has 2 aliphatic heterocycles. The molecule has 0 bridgehead atoms. The van der Waals surface area contributed by atoms with Gasteiger partial charge >= 0.3 is 0 Å². The Balaban J connectivity index is 1.56. The average Bonchev–Trinajstić information content (AvgIpc) is 2.63. The Labute approximate surface area is 152 Å². The summed E-state index contributed by atoms with van der Waals surface area (Å²) in [4.78, 5) is 13.8. The van der Waals surface area contributed by atoms with Gasteiger partial charge in [-0.05, 0) is 49.1 Å². The standard InChI is InChI=1S/C19H20N2O4S/c22-17-5-1-2-6-18(17)25-15-9-7-14(8-10-15)16-4-3-11-21-12-13-26(23,24)20-19(16)21/h3-4,7-11,18H,1-2,5-6,12-13H2. The van der Waals surface area contributed by atoms with Gasteiger partial charge in [0.25, 0.3) is 10.0 Å². The zero-order valence-electron chi connectivity index (χ0n) is 14.3. The predicted octanol–water partition coefficient (Wildman–Crippen LogP) is 2.53. The van der Waals surface area contributed by atoms with Crippen LogP contribution in [0.2, 0.25) is 0 Å². The Kier molecular flexibility index (Phi) is 4.40. The first-order valence-corrected chi connectivity index (χ1v) is 10.4. The molecule has 0 radical (unpaired) electrons. The van der Waals surface area contributed by atoms with Crippen molar-refractivity contribution >= 4 is 27.2 Å². The zero-order valence-corrected chi connectivity index (χ0v) is 15.1. The van der Waals surface area contributed by atoms with E-state index in [0.29, 0.717) is 24.6 Å². The van der Waals surface area contributed by atoms with Crippen LogP contribution >= 0.6 is 0 Å². The van der Waals surface area contributed by atoms with Gasteiger partial charge < -0.3 is 9.64 Å². The van der Waals surface area contributed by atoms with Crippen LogP contribution in [0.4, 0.5) is 0 Å². The summed E-state index contributed by atoms with van der Waals surface area (Å²) in [5, 5.41) is 0. The third-order valence-electron chi connectivity index (χ3n) is 4.80. The van der Waals surface area contributed by atoms with Crippen LogP contribution in [0.1, 0.15) is 31.2 Å². The molecular weight excluding hydrogens is 352 g/mol. The van der Waals surface area contributed by atoms with Crippen molar-refractivity contribution in [1.82, 2.24) is 4.90 Å². The molecule has 26 heavy (non-hydrogen) atoms. The molecule has 0 spiro atoms. The van der Waals surface area contributed by atoms with E-state index in [1.807, 2.05) is 47.5 Å². The summed E-state index contributed by atoms with van der Waals surface area (Å²) in [7, 11) is -3.42. The minimum absolute atomic E-state index is 0.0241. The Morgan fingerprint density at radius 1 is 1.15 bits per heavy atom. The molecular formula is C19H20N2O4S. The highest BCUT2D eigenvalue weighted by molar-refractivity contribution is 7.90. The third kappa shape index (κ3) is 3.44. The average molecular weight is 372 g/mol. The van der Waals surface area contributed by atoms with Crippen molar-refractivity contribution in [3.05, 3.63) is 48.2 Å². The first-order chi connectivity index (χ1) is 12.5. The summed E-state index contributed by atoms with van der Waals surface area (Å²) < 4.78 is 33.5. The number of sulfonamides is 1. The van der Waals surface area contributed by atoms with Gasteiger partial charge in [0.05, 0.1) is 5.75 Å². The molecule has 0 aromatic heterocycles. The Bertz CT molecular complexity index is 913. The van der Waals surface area contributed by atoms with Crippen molar-refractivity contribution in [2.75, 3.05) is 12.3 Å². The fourth-order valence-corrected chi connectivity index (χ4v) is 4.38. The number of Topliss-reactive ketones (excluding diaryl/α,β-unsaturated/α-hetero) is 1. The SMILES string of the molecule is O=C1CCCCC1Oc1ccc(C2=CC=CN3CCS(=O)(=O)N=C23)cc1. The molecule has 1 unspecified atom stereocenters. The van der Waals surface area contributed by atoms with E-state index in [1.54, 1.807) is 0 Å². The molecule has 2 heterocycles. The van der Waals surface area contributed by atoms with Crippen LogP contribution in [-0.4, -0.2) is 43.3 Å². The van der Waals surface area contributed by atoms with Crippen LogP contribution in [-0.2, 0) is 14.8 Å². The second-order valence-corrected chi connectivity index (χ2v) is 8.41. The Morgan fingerprint density at radius 3 is 2.73 bits per heavy atom. The summed E-state index contributed by atoms with van der Waals surface area (Å²) in [6.45, 7) is 0.403. The molecule has 0 N–H and O–H groups in total. The van der Waals surface area contributed by atoms with Gasteiger partial charge in [-0.3, -0.25) is 4.79 Å². The van der Waals surface area contributed by atoms with E-state index in [-0.39, 0.29) is 17.6 Å². The van der Waals surface area contributed by atoms with Crippen LogP contribution < -0.4 is 4.74 Å². The van der Waals surface area contributed by atoms with E-state index < -0.39 is 10.0 Å². The number of nitrogens with zero attached hydrogens (tertiary/aromatic N) is 2. The molecule has 1 fully saturated rings. The van der Waals surface area contributed by atoms with Gasteiger partial charge in [0.1, 0.15) is 5.75 Å². The fraction of sp³-hybridized carbons (Fsp3) is 0.368. The number of fused-ring (bicyclic) bond motifs is 1. The highest BCUT2D eigenvalue weighted by atomic mass is 32.2. The molecule has 136 valence electrons. The number of ketones is 1. The maximum absolute atomic E-state index is 11.9. The van der Waals surface area contributed by atoms with E-state index in [4.69, 9.17) is 4.74 Å². The van der Waals surface area contributed by atoms with Gasteiger partial charge in [0.15, 0.2) is 17.7 Å². The summed E-state index contributed by atoms with van der Waals surface area (Å²) >= 11 is 0. The van der Waals surface area contributed by atoms with Crippen LogP contribution in [0.5, 0.6) is 5.75 Å². The van der Waals surface area contributed by atoms with Crippen LogP contribution in [0.25, 0.3) is 5.57 Å². The van der Waals surface area contributed by atoms with Crippen molar-refractivity contribution < 1.29 is 17.9 Å². The molecule has 4 rings (SSSR count). The number of carbonyl (C=O) groups excluding carboxylic acids is 1. The minimum Gasteiger partial charge on any atom is -0.483 e. The molecule has 7 heteroatoms. The number of rotatable bonds is 3. The monoisotopic (exact) mass is 372 g/mol. The van der Waals surface area contributed by atoms with Gasteiger partial charge in [-0.1, -0.05) is 12.1 Å². The van der Waals surface area contributed by atoms with E-state index >= 15 is 0 Å². The van der Waals surface area contributed by atoms with Gasteiger partial charge in [-0.15, -0.1) is 4.40 Å². The van der Waals surface area contributed by atoms with Gasteiger partial charge in [-0.2, -0.15) is 0 Å². The second-order valence-electron chi connectivity index (χ2n) is 6.66. The molecule has 1 aromatic carbocycles.